The molecule has 0 saturated carbocycles. The SMILES string of the molecule is CCOc1ccc(C(c2ccc3c(c2)OCO3)N2CCCC(C(=O)O)C2)cc1. The van der Waals surface area contributed by atoms with E-state index in [1.807, 2.05) is 37.3 Å². The minimum atomic E-state index is -0.721. The molecular formula is C22H25NO5. The van der Waals surface area contributed by atoms with Crippen LogP contribution in [0, 0.1) is 5.92 Å². The van der Waals surface area contributed by atoms with Crippen molar-refractivity contribution in [3.63, 3.8) is 0 Å². The van der Waals surface area contributed by atoms with E-state index in [2.05, 4.69) is 17.0 Å². The molecule has 2 heterocycles. The number of aliphatic carboxylic acids is 1. The van der Waals surface area contributed by atoms with Gasteiger partial charge in [-0.2, -0.15) is 0 Å². The van der Waals surface area contributed by atoms with E-state index in [0.29, 0.717) is 13.2 Å². The zero-order chi connectivity index (χ0) is 19.5. The lowest BCUT2D eigenvalue weighted by Crippen LogP contribution is -2.41. The summed E-state index contributed by atoms with van der Waals surface area (Å²) in [6.45, 7) is 4.20. The highest BCUT2D eigenvalue weighted by Gasteiger charge is 2.32. The molecule has 2 aliphatic heterocycles. The van der Waals surface area contributed by atoms with Crippen molar-refractivity contribution in [2.45, 2.75) is 25.8 Å². The molecule has 2 aliphatic rings. The highest BCUT2D eigenvalue weighted by molar-refractivity contribution is 5.70. The van der Waals surface area contributed by atoms with Crippen molar-refractivity contribution in [2.24, 2.45) is 5.92 Å². The van der Waals surface area contributed by atoms with Crippen LogP contribution < -0.4 is 14.2 Å². The molecular weight excluding hydrogens is 358 g/mol. The molecule has 0 bridgehead atoms. The van der Waals surface area contributed by atoms with Gasteiger partial charge in [0, 0.05) is 6.54 Å². The largest absolute Gasteiger partial charge is 0.494 e. The lowest BCUT2D eigenvalue weighted by Gasteiger charge is -2.37. The Kier molecular flexibility index (Phi) is 5.39. The van der Waals surface area contributed by atoms with E-state index in [1.54, 1.807) is 0 Å². The van der Waals surface area contributed by atoms with Gasteiger partial charge in [0.1, 0.15) is 5.75 Å². The summed E-state index contributed by atoms with van der Waals surface area (Å²) in [6, 6.07) is 14.0. The van der Waals surface area contributed by atoms with E-state index < -0.39 is 5.97 Å². The molecule has 0 amide bonds. The molecule has 2 aromatic rings. The number of carboxylic acid groups (broad SMARTS) is 1. The van der Waals surface area contributed by atoms with Gasteiger partial charge in [-0.05, 0) is 61.7 Å². The number of carbonyl (C=O) groups is 1. The van der Waals surface area contributed by atoms with Crippen LogP contribution in [0.4, 0.5) is 0 Å². The Morgan fingerprint density at radius 1 is 1.18 bits per heavy atom. The lowest BCUT2D eigenvalue weighted by atomic mass is 9.91. The van der Waals surface area contributed by atoms with Crippen LogP contribution in [-0.2, 0) is 4.79 Å². The summed E-state index contributed by atoms with van der Waals surface area (Å²) in [5.41, 5.74) is 2.17. The summed E-state index contributed by atoms with van der Waals surface area (Å²) in [7, 11) is 0. The van der Waals surface area contributed by atoms with Gasteiger partial charge in [-0.25, -0.2) is 0 Å². The third-order valence-corrected chi connectivity index (χ3v) is 5.39. The highest BCUT2D eigenvalue weighted by atomic mass is 16.7. The molecule has 1 saturated heterocycles. The van der Waals surface area contributed by atoms with Crippen LogP contribution in [0.1, 0.15) is 36.9 Å². The zero-order valence-corrected chi connectivity index (χ0v) is 16.0. The van der Waals surface area contributed by atoms with Crippen molar-refractivity contribution < 1.29 is 24.1 Å². The number of carboxylic acids is 1. The van der Waals surface area contributed by atoms with Crippen LogP contribution in [0.3, 0.4) is 0 Å². The summed E-state index contributed by atoms with van der Waals surface area (Å²) in [4.78, 5) is 13.8. The smallest absolute Gasteiger partial charge is 0.307 e. The second kappa shape index (κ2) is 8.10. The Labute approximate surface area is 164 Å². The van der Waals surface area contributed by atoms with E-state index in [0.717, 1.165) is 47.8 Å². The number of benzene rings is 2. The third kappa shape index (κ3) is 3.78. The van der Waals surface area contributed by atoms with Crippen molar-refractivity contribution >= 4 is 5.97 Å². The van der Waals surface area contributed by atoms with Gasteiger partial charge in [-0.3, -0.25) is 9.69 Å². The molecule has 148 valence electrons. The molecule has 6 nitrogen and oxygen atoms in total. The maximum Gasteiger partial charge on any atom is 0.307 e. The van der Waals surface area contributed by atoms with Crippen molar-refractivity contribution in [3.05, 3.63) is 53.6 Å². The maximum atomic E-state index is 11.6. The fourth-order valence-electron chi connectivity index (χ4n) is 4.05. The minimum Gasteiger partial charge on any atom is -0.494 e. The first kappa shape index (κ1) is 18.6. The predicted molar refractivity (Wildman–Crippen MR) is 104 cm³/mol. The van der Waals surface area contributed by atoms with E-state index in [-0.39, 0.29) is 18.8 Å². The Balaban J connectivity index is 1.69. The molecule has 0 aromatic heterocycles. The minimum absolute atomic E-state index is 0.0488. The lowest BCUT2D eigenvalue weighted by molar-refractivity contribution is -0.143. The van der Waals surface area contributed by atoms with Crippen LogP contribution in [0.2, 0.25) is 0 Å². The molecule has 2 aromatic carbocycles. The average molecular weight is 383 g/mol. The Bertz CT molecular complexity index is 835. The van der Waals surface area contributed by atoms with Gasteiger partial charge < -0.3 is 19.3 Å². The van der Waals surface area contributed by atoms with Gasteiger partial charge in [-0.15, -0.1) is 0 Å². The molecule has 0 aliphatic carbocycles. The van der Waals surface area contributed by atoms with Gasteiger partial charge in [0.25, 0.3) is 0 Å². The maximum absolute atomic E-state index is 11.6. The quantitative estimate of drug-likeness (QED) is 0.820. The average Bonchev–Trinajstić information content (AvgIpc) is 3.18. The number of piperidine rings is 1. The molecule has 1 fully saturated rings. The standard InChI is InChI=1S/C22H25NO5/c1-2-26-18-8-5-15(6-9-18)21(23-11-3-4-17(13-23)22(24)25)16-7-10-19-20(12-16)28-14-27-19/h5-10,12,17,21H,2-4,11,13-14H2,1H3,(H,24,25). The van der Waals surface area contributed by atoms with Gasteiger partial charge in [0.2, 0.25) is 6.79 Å². The number of nitrogens with zero attached hydrogens (tertiary/aromatic N) is 1. The second-order valence-electron chi connectivity index (χ2n) is 7.19. The first-order chi connectivity index (χ1) is 13.7. The summed E-state index contributed by atoms with van der Waals surface area (Å²) in [5, 5.41) is 9.52. The van der Waals surface area contributed by atoms with Crippen LogP contribution in [-0.4, -0.2) is 42.5 Å². The van der Waals surface area contributed by atoms with Gasteiger partial charge >= 0.3 is 5.97 Å². The van der Waals surface area contributed by atoms with Crippen LogP contribution in [0.15, 0.2) is 42.5 Å². The fraction of sp³-hybridized carbons (Fsp3) is 0.409. The molecule has 0 spiro atoms. The number of hydrogen-bond donors (Lipinski definition) is 1. The molecule has 6 heteroatoms. The summed E-state index contributed by atoms with van der Waals surface area (Å²) >= 11 is 0. The normalized spacial score (nSPS) is 20.0. The van der Waals surface area contributed by atoms with Crippen LogP contribution in [0.25, 0.3) is 0 Å². The highest BCUT2D eigenvalue weighted by Crippen LogP contribution is 2.39. The van der Waals surface area contributed by atoms with Gasteiger partial charge in [0.05, 0.1) is 18.6 Å². The molecule has 2 atom stereocenters. The van der Waals surface area contributed by atoms with Crippen molar-refractivity contribution in [3.8, 4) is 17.2 Å². The van der Waals surface area contributed by atoms with Crippen LogP contribution >= 0.6 is 0 Å². The molecule has 28 heavy (non-hydrogen) atoms. The first-order valence-corrected chi connectivity index (χ1v) is 9.75. The van der Waals surface area contributed by atoms with E-state index in [4.69, 9.17) is 14.2 Å². The Morgan fingerprint density at radius 2 is 1.93 bits per heavy atom. The van der Waals surface area contributed by atoms with Crippen LogP contribution in [0.5, 0.6) is 17.2 Å². The predicted octanol–water partition coefficient (Wildman–Crippen LogP) is 3.70. The zero-order valence-electron chi connectivity index (χ0n) is 16.0. The van der Waals surface area contributed by atoms with E-state index >= 15 is 0 Å². The van der Waals surface area contributed by atoms with Crippen molar-refractivity contribution in [1.82, 2.24) is 4.90 Å². The molecule has 0 radical (unpaired) electrons. The van der Waals surface area contributed by atoms with Crippen molar-refractivity contribution in [1.29, 1.82) is 0 Å². The Morgan fingerprint density at radius 3 is 2.68 bits per heavy atom. The molecule has 4 rings (SSSR count). The second-order valence-corrected chi connectivity index (χ2v) is 7.19. The number of likely N-dealkylation sites (tertiary alicyclic amines) is 1. The van der Waals surface area contributed by atoms with E-state index in [9.17, 15) is 9.90 Å². The number of fused-ring (bicyclic) bond motifs is 1. The van der Waals surface area contributed by atoms with Gasteiger partial charge in [0.15, 0.2) is 11.5 Å². The number of rotatable bonds is 6. The topological polar surface area (TPSA) is 68.2 Å². The summed E-state index contributed by atoms with van der Waals surface area (Å²) in [6.07, 6.45) is 1.60. The number of ether oxygens (including phenoxy) is 3. The van der Waals surface area contributed by atoms with E-state index in [1.165, 1.54) is 0 Å². The number of hydrogen-bond acceptors (Lipinski definition) is 5. The first-order valence-electron chi connectivity index (χ1n) is 9.75. The summed E-state index contributed by atoms with van der Waals surface area (Å²) < 4.78 is 16.6. The van der Waals surface area contributed by atoms with Gasteiger partial charge in [-0.1, -0.05) is 18.2 Å². The third-order valence-electron chi connectivity index (χ3n) is 5.39. The monoisotopic (exact) mass is 383 g/mol. The molecule has 2 unspecified atom stereocenters. The Hall–Kier alpha value is -2.73. The fourth-order valence-corrected chi connectivity index (χ4v) is 4.05. The molecule has 1 N–H and O–H groups in total. The summed E-state index contributed by atoms with van der Waals surface area (Å²) in [5.74, 6) is 1.25. The van der Waals surface area contributed by atoms with Crippen molar-refractivity contribution in [2.75, 3.05) is 26.5 Å².